The van der Waals surface area contributed by atoms with Gasteiger partial charge < -0.3 is 19.9 Å². The first-order chi connectivity index (χ1) is 17.6. The number of amides is 2. The van der Waals surface area contributed by atoms with Crippen molar-refractivity contribution in [1.82, 2.24) is 10.3 Å². The van der Waals surface area contributed by atoms with Crippen molar-refractivity contribution < 1.29 is 9.53 Å². The number of urea groups is 1. The molecule has 0 spiro atoms. The summed E-state index contributed by atoms with van der Waals surface area (Å²) in [5, 5.41) is 7.54. The zero-order chi connectivity index (χ0) is 25.3. The number of hydrogen-bond acceptors (Lipinski definition) is 5. The molecular weight excluding hydrogens is 474 g/mol. The summed E-state index contributed by atoms with van der Waals surface area (Å²) in [6.45, 7) is 9.44. The zero-order valence-corrected chi connectivity index (χ0v) is 21.7. The Morgan fingerprint density at radius 2 is 1.86 bits per heavy atom. The van der Waals surface area contributed by atoms with Crippen molar-refractivity contribution in [3.63, 3.8) is 0 Å². The average Bonchev–Trinajstić information content (AvgIpc) is 3.28. The Kier molecular flexibility index (Phi) is 9.03. The molecule has 2 aromatic rings. The van der Waals surface area contributed by atoms with Crippen LogP contribution in [-0.4, -0.2) is 56.5 Å². The van der Waals surface area contributed by atoms with Gasteiger partial charge in [-0.25, -0.2) is 10.2 Å². The topological polar surface area (TPSA) is 69.2 Å². The molecule has 36 heavy (non-hydrogen) atoms. The van der Waals surface area contributed by atoms with Crippen molar-refractivity contribution in [3.05, 3.63) is 76.0 Å². The Labute approximate surface area is 218 Å². The summed E-state index contributed by atoms with van der Waals surface area (Å²) in [7, 11) is 0. The third-order valence-corrected chi connectivity index (χ3v) is 6.67. The molecule has 8 heteroatoms. The average molecular weight is 508 g/mol. The van der Waals surface area contributed by atoms with E-state index >= 15 is 0 Å². The van der Waals surface area contributed by atoms with Gasteiger partial charge in [-0.3, -0.25) is 0 Å². The molecule has 2 aliphatic rings. The SMILES string of the molecule is CCN(CC)c1ccc(/C=C2/CCC(/C=N/NC(=O)Nc3cccc(Cl)c3)=C2N2CCOCC2)cc1. The van der Waals surface area contributed by atoms with Gasteiger partial charge in [0.05, 0.1) is 19.4 Å². The largest absolute Gasteiger partial charge is 0.378 e. The van der Waals surface area contributed by atoms with E-state index in [0.29, 0.717) is 23.9 Å². The number of nitrogens with zero attached hydrogens (tertiary/aromatic N) is 3. The van der Waals surface area contributed by atoms with E-state index < -0.39 is 6.03 Å². The van der Waals surface area contributed by atoms with Crippen LogP contribution in [0.15, 0.2) is 70.5 Å². The molecule has 0 saturated carbocycles. The third kappa shape index (κ3) is 6.68. The summed E-state index contributed by atoms with van der Waals surface area (Å²) in [4.78, 5) is 17.0. The first kappa shape index (κ1) is 25.8. The molecule has 7 nitrogen and oxygen atoms in total. The van der Waals surface area contributed by atoms with Gasteiger partial charge in [0, 0.05) is 48.3 Å². The highest BCUT2D eigenvalue weighted by Crippen LogP contribution is 2.35. The van der Waals surface area contributed by atoms with E-state index in [9.17, 15) is 4.79 Å². The van der Waals surface area contributed by atoms with Gasteiger partial charge in [-0.15, -0.1) is 0 Å². The van der Waals surface area contributed by atoms with E-state index in [1.165, 1.54) is 22.5 Å². The molecule has 0 aromatic heterocycles. The second-order valence-electron chi connectivity index (χ2n) is 8.74. The van der Waals surface area contributed by atoms with Crippen LogP contribution in [0, 0.1) is 0 Å². The van der Waals surface area contributed by atoms with Crippen LogP contribution in [-0.2, 0) is 4.74 Å². The highest BCUT2D eigenvalue weighted by atomic mass is 35.5. The Bertz CT molecular complexity index is 1130. The van der Waals surface area contributed by atoms with Gasteiger partial charge in [0.15, 0.2) is 0 Å². The molecule has 0 unspecified atom stereocenters. The molecule has 1 fully saturated rings. The third-order valence-electron chi connectivity index (χ3n) is 6.43. The number of hydrogen-bond donors (Lipinski definition) is 2. The molecule has 0 bridgehead atoms. The van der Waals surface area contributed by atoms with Crippen molar-refractivity contribution >= 4 is 41.3 Å². The fourth-order valence-electron chi connectivity index (χ4n) is 4.64. The Morgan fingerprint density at radius 1 is 1.11 bits per heavy atom. The highest BCUT2D eigenvalue weighted by molar-refractivity contribution is 6.30. The summed E-state index contributed by atoms with van der Waals surface area (Å²) < 4.78 is 5.59. The smallest absolute Gasteiger partial charge is 0.339 e. The van der Waals surface area contributed by atoms with Crippen LogP contribution in [0.25, 0.3) is 6.08 Å². The monoisotopic (exact) mass is 507 g/mol. The second-order valence-corrected chi connectivity index (χ2v) is 9.18. The van der Waals surface area contributed by atoms with Gasteiger partial charge in [-0.2, -0.15) is 5.10 Å². The molecule has 0 atom stereocenters. The number of allylic oxidation sites excluding steroid dienone is 2. The number of ether oxygens (including phenoxy) is 1. The van der Waals surface area contributed by atoms with E-state index in [1.54, 1.807) is 30.5 Å². The minimum absolute atomic E-state index is 0.413. The number of carbonyl (C=O) groups is 1. The van der Waals surface area contributed by atoms with Crippen LogP contribution in [0.3, 0.4) is 0 Å². The first-order valence-electron chi connectivity index (χ1n) is 12.5. The van der Waals surface area contributed by atoms with Crippen molar-refractivity contribution in [2.75, 3.05) is 49.6 Å². The van der Waals surface area contributed by atoms with Gasteiger partial charge in [0.25, 0.3) is 0 Å². The minimum Gasteiger partial charge on any atom is -0.378 e. The second kappa shape index (κ2) is 12.6. The molecule has 4 rings (SSSR count). The maximum absolute atomic E-state index is 12.3. The van der Waals surface area contributed by atoms with Gasteiger partial charge >= 0.3 is 6.03 Å². The van der Waals surface area contributed by atoms with Crippen molar-refractivity contribution in [3.8, 4) is 0 Å². The van der Waals surface area contributed by atoms with Crippen LogP contribution in [0.4, 0.5) is 16.2 Å². The normalized spacial score (nSPS) is 17.2. The maximum Gasteiger partial charge on any atom is 0.339 e. The van der Waals surface area contributed by atoms with E-state index in [2.05, 4.69) is 69.8 Å². The number of benzene rings is 2. The van der Waals surface area contributed by atoms with Crippen LogP contribution >= 0.6 is 11.6 Å². The first-order valence-corrected chi connectivity index (χ1v) is 12.9. The number of anilines is 2. The van der Waals surface area contributed by atoms with Crippen LogP contribution in [0.5, 0.6) is 0 Å². The molecule has 2 aromatic carbocycles. The molecule has 190 valence electrons. The number of halogens is 1. The van der Waals surface area contributed by atoms with Crippen LogP contribution < -0.4 is 15.6 Å². The maximum atomic E-state index is 12.3. The standard InChI is InChI=1S/C28H34ClN5O2/c1-3-33(4-2)26-12-8-21(9-13-26)18-22-10-11-23(27(22)34-14-16-36-17-15-34)20-30-32-28(35)31-25-7-5-6-24(29)19-25/h5-9,12-13,18-20H,3-4,10-11,14-17H2,1-2H3,(H2,31,32,35)/b22-18-,30-20+. The summed E-state index contributed by atoms with van der Waals surface area (Å²) in [5.41, 5.74) is 9.21. The molecule has 0 radical (unpaired) electrons. The number of hydrazone groups is 1. The molecule has 1 saturated heterocycles. The summed E-state index contributed by atoms with van der Waals surface area (Å²) in [5.74, 6) is 0. The van der Waals surface area contributed by atoms with Gasteiger partial charge in [0.1, 0.15) is 0 Å². The van der Waals surface area contributed by atoms with Crippen LogP contribution in [0.1, 0.15) is 32.3 Å². The van der Waals surface area contributed by atoms with Crippen molar-refractivity contribution in [1.29, 1.82) is 0 Å². The molecular formula is C28H34ClN5O2. The lowest BCUT2D eigenvalue weighted by Crippen LogP contribution is -2.36. The molecule has 1 aliphatic carbocycles. The molecule has 1 heterocycles. The lowest BCUT2D eigenvalue weighted by atomic mass is 10.1. The van der Waals surface area contributed by atoms with E-state index in [0.717, 1.165) is 44.6 Å². The Morgan fingerprint density at radius 3 is 2.56 bits per heavy atom. The quantitative estimate of drug-likeness (QED) is 0.352. The summed E-state index contributed by atoms with van der Waals surface area (Å²) in [6.07, 6.45) is 5.85. The molecule has 2 N–H and O–H groups in total. The van der Waals surface area contributed by atoms with Gasteiger partial charge in [0.2, 0.25) is 0 Å². The summed E-state index contributed by atoms with van der Waals surface area (Å²) >= 11 is 5.99. The fourth-order valence-corrected chi connectivity index (χ4v) is 4.83. The predicted octanol–water partition coefficient (Wildman–Crippen LogP) is 5.76. The van der Waals surface area contributed by atoms with Crippen molar-refractivity contribution in [2.24, 2.45) is 5.10 Å². The lowest BCUT2D eigenvalue weighted by molar-refractivity contribution is 0.0548. The highest BCUT2D eigenvalue weighted by Gasteiger charge is 2.25. The zero-order valence-electron chi connectivity index (χ0n) is 21.0. The predicted molar refractivity (Wildman–Crippen MR) is 149 cm³/mol. The van der Waals surface area contributed by atoms with E-state index in [4.69, 9.17) is 16.3 Å². The van der Waals surface area contributed by atoms with Gasteiger partial charge in [-0.05, 0) is 79.8 Å². The van der Waals surface area contributed by atoms with Crippen molar-refractivity contribution in [2.45, 2.75) is 26.7 Å². The minimum atomic E-state index is -0.413. The fraction of sp³-hybridized carbons (Fsp3) is 0.357. The summed E-state index contributed by atoms with van der Waals surface area (Å²) in [6, 6.07) is 15.3. The van der Waals surface area contributed by atoms with Crippen LogP contribution in [0.2, 0.25) is 5.02 Å². The van der Waals surface area contributed by atoms with E-state index in [1.807, 2.05) is 0 Å². The Hall–Kier alpha value is -3.29. The lowest BCUT2D eigenvalue weighted by Gasteiger charge is -2.31. The number of nitrogens with one attached hydrogen (secondary N) is 2. The van der Waals surface area contributed by atoms with Gasteiger partial charge in [-0.1, -0.05) is 29.8 Å². The number of carbonyl (C=O) groups excluding carboxylic acids is 1. The number of morpholine rings is 1. The molecule has 2 amide bonds. The van der Waals surface area contributed by atoms with E-state index in [-0.39, 0.29) is 0 Å². The number of rotatable bonds is 8. The Balaban J connectivity index is 1.50. The molecule has 1 aliphatic heterocycles.